The molecule has 1 aliphatic heterocycles. The third kappa shape index (κ3) is 2.64. The van der Waals surface area contributed by atoms with Crippen molar-refractivity contribution in [2.24, 2.45) is 0 Å². The van der Waals surface area contributed by atoms with E-state index in [0.29, 0.717) is 19.4 Å². The number of rotatable bonds is 3. The Balaban J connectivity index is 2.20. The van der Waals surface area contributed by atoms with Crippen molar-refractivity contribution < 1.29 is 14.3 Å². The van der Waals surface area contributed by atoms with Gasteiger partial charge in [0, 0.05) is 6.42 Å². The molecule has 2 N–H and O–H groups in total. The second kappa shape index (κ2) is 4.84. The number of carboxylic acid groups (broad SMARTS) is 1. The van der Waals surface area contributed by atoms with E-state index in [1.54, 1.807) is 12.1 Å². The molecular weight excluding hydrogens is 221 g/mol. The monoisotopic (exact) mass is 237 g/mol. The molecule has 1 heterocycles. The van der Waals surface area contributed by atoms with Crippen LogP contribution in [-0.4, -0.2) is 23.2 Å². The van der Waals surface area contributed by atoms with Crippen LogP contribution in [-0.2, 0) is 11.2 Å². The number of piperidine rings is 1. The van der Waals surface area contributed by atoms with Gasteiger partial charge in [0.25, 0.3) is 0 Å². The highest BCUT2D eigenvalue weighted by molar-refractivity contribution is 5.79. The summed E-state index contributed by atoms with van der Waals surface area (Å²) in [5.41, 5.74) is -0.201. The molecule has 4 heteroatoms. The van der Waals surface area contributed by atoms with Crippen molar-refractivity contribution in [2.75, 3.05) is 6.54 Å². The van der Waals surface area contributed by atoms with Gasteiger partial charge in [-0.15, -0.1) is 0 Å². The fourth-order valence-electron chi connectivity index (χ4n) is 2.37. The van der Waals surface area contributed by atoms with Crippen LogP contribution in [0.25, 0.3) is 0 Å². The largest absolute Gasteiger partial charge is 0.480 e. The van der Waals surface area contributed by atoms with E-state index < -0.39 is 11.5 Å². The predicted octanol–water partition coefficient (Wildman–Crippen LogP) is 1.97. The molecule has 17 heavy (non-hydrogen) atoms. The lowest BCUT2D eigenvalue weighted by Gasteiger charge is -2.34. The van der Waals surface area contributed by atoms with Crippen LogP contribution in [0.15, 0.2) is 24.3 Å². The van der Waals surface area contributed by atoms with E-state index in [0.717, 1.165) is 18.4 Å². The first-order chi connectivity index (χ1) is 8.12. The molecule has 0 radical (unpaired) electrons. The van der Waals surface area contributed by atoms with E-state index in [4.69, 9.17) is 0 Å². The van der Waals surface area contributed by atoms with Gasteiger partial charge in [-0.1, -0.05) is 12.1 Å². The quantitative estimate of drug-likeness (QED) is 0.845. The average Bonchev–Trinajstić information content (AvgIpc) is 2.30. The average molecular weight is 237 g/mol. The standard InChI is InChI=1S/C13H16FNO2/c14-11-5-3-4-10(8-11)9-13(12(16)17)6-1-2-7-15-13/h3-5,8,15H,1-2,6-7,9H2,(H,16,17). The van der Waals surface area contributed by atoms with Crippen LogP contribution >= 0.6 is 0 Å². The van der Waals surface area contributed by atoms with Gasteiger partial charge in [0.1, 0.15) is 11.4 Å². The van der Waals surface area contributed by atoms with Gasteiger partial charge < -0.3 is 10.4 Å². The third-order valence-corrected chi connectivity index (χ3v) is 3.30. The van der Waals surface area contributed by atoms with Gasteiger partial charge in [0.05, 0.1) is 0 Å². The van der Waals surface area contributed by atoms with Crippen molar-refractivity contribution in [3.8, 4) is 0 Å². The molecular formula is C13H16FNO2. The first-order valence-electron chi connectivity index (χ1n) is 5.85. The maximum absolute atomic E-state index is 13.1. The summed E-state index contributed by atoms with van der Waals surface area (Å²) in [7, 11) is 0. The van der Waals surface area contributed by atoms with Gasteiger partial charge in [-0.2, -0.15) is 0 Å². The van der Waals surface area contributed by atoms with Crippen LogP contribution in [0.4, 0.5) is 4.39 Å². The molecule has 2 rings (SSSR count). The molecule has 0 aromatic heterocycles. The fourth-order valence-corrected chi connectivity index (χ4v) is 2.37. The molecule has 1 saturated heterocycles. The van der Waals surface area contributed by atoms with Crippen LogP contribution in [0.1, 0.15) is 24.8 Å². The number of hydrogen-bond acceptors (Lipinski definition) is 2. The molecule has 0 saturated carbocycles. The van der Waals surface area contributed by atoms with E-state index in [1.807, 2.05) is 0 Å². The number of benzene rings is 1. The summed E-state index contributed by atoms with van der Waals surface area (Å²) >= 11 is 0. The maximum Gasteiger partial charge on any atom is 0.324 e. The van der Waals surface area contributed by atoms with E-state index in [2.05, 4.69) is 5.32 Å². The normalized spacial score (nSPS) is 24.5. The Labute approximate surface area is 99.7 Å². The second-order valence-corrected chi connectivity index (χ2v) is 4.58. The van der Waals surface area contributed by atoms with E-state index >= 15 is 0 Å². The van der Waals surface area contributed by atoms with Crippen molar-refractivity contribution in [1.82, 2.24) is 5.32 Å². The highest BCUT2D eigenvalue weighted by Gasteiger charge is 2.39. The summed E-state index contributed by atoms with van der Waals surface area (Å²) < 4.78 is 13.1. The maximum atomic E-state index is 13.1. The number of hydrogen-bond donors (Lipinski definition) is 2. The highest BCUT2D eigenvalue weighted by Crippen LogP contribution is 2.24. The van der Waals surface area contributed by atoms with Crippen LogP contribution in [0, 0.1) is 5.82 Å². The summed E-state index contributed by atoms with van der Waals surface area (Å²) in [4.78, 5) is 11.4. The zero-order chi connectivity index (χ0) is 12.3. The Morgan fingerprint density at radius 1 is 1.47 bits per heavy atom. The number of halogens is 1. The molecule has 0 amide bonds. The zero-order valence-electron chi connectivity index (χ0n) is 9.58. The molecule has 0 spiro atoms. The number of nitrogens with one attached hydrogen (secondary N) is 1. The van der Waals surface area contributed by atoms with E-state index in [9.17, 15) is 14.3 Å². The van der Waals surface area contributed by atoms with Gasteiger partial charge in [0.15, 0.2) is 0 Å². The van der Waals surface area contributed by atoms with Gasteiger partial charge in [-0.3, -0.25) is 4.79 Å². The Morgan fingerprint density at radius 2 is 2.29 bits per heavy atom. The Kier molecular flexibility index (Phi) is 3.43. The molecule has 1 unspecified atom stereocenters. The molecule has 0 bridgehead atoms. The number of aliphatic carboxylic acids is 1. The summed E-state index contributed by atoms with van der Waals surface area (Å²) in [6, 6.07) is 6.15. The third-order valence-electron chi connectivity index (χ3n) is 3.30. The molecule has 1 fully saturated rings. The summed E-state index contributed by atoms with van der Waals surface area (Å²) in [5, 5.41) is 12.4. The molecule has 1 aromatic carbocycles. The highest BCUT2D eigenvalue weighted by atomic mass is 19.1. The predicted molar refractivity (Wildman–Crippen MR) is 62.3 cm³/mol. The topological polar surface area (TPSA) is 49.3 Å². The van der Waals surface area contributed by atoms with Crippen LogP contribution in [0.2, 0.25) is 0 Å². The van der Waals surface area contributed by atoms with Gasteiger partial charge in [-0.05, 0) is 43.5 Å². The van der Waals surface area contributed by atoms with Gasteiger partial charge in [0.2, 0.25) is 0 Å². The lowest BCUT2D eigenvalue weighted by atomic mass is 9.83. The smallest absolute Gasteiger partial charge is 0.324 e. The molecule has 3 nitrogen and oxygen atoms in total. The lowest BCUT2D eigenvalue weighted by Crippen LogP contribution is -2.56. The van der Waals surface area contributed by atoms with Crippen LogP contribution in [0.3, 0.4) is 0 Å². The second-order valence-electron chi connectivity index (χ2n) is 4.58. The van der Waals surface area contributed by atoms with Crippen LogP contribution in [0.5, 0.6) is 0 Å². The number of carbonyl (C=O) groups is 1. The molecule has 1 aliphatic rings. The zero-order valence-corrected chi connectivity index (χ0v) is 9.58. The Morgan fingerprint density at radius 3 is 2.88 bits per heavy atom. The van der Waals surface area contributed by atoms with Gasteiger partial charge >= 0.3 is 5.97 Å². The first-order valence-corrected chi connectivity index (χ1v) is 5.85. The lowest BCUT2D eigenvalue weighted by molar-refractivity contribution is -0.146. The minimum absolute atomic E-state index is 0.321. The summed E-state index contributed by atoms with van der Waals surface area (Å²) in [6.07, 6.45) is 2.83. The first kappa shape index (κ1) is 12.0. The molecule has 1 atom stereocenters. The summed E-state index contributed by atoms with van der Waals surface area (Å²) in [6.45, 7) is 0.710. The SMILES string of the molecule is O=C(O)C1(Cc2cccc(F)c2)CCCCN1. The van der Waals surface area contributed by atoms with Gasteiger partial charge in [-0.25, -0.2) is 4.39 Å². The van der Waals surface area contributed by atoms with Crippen molar-refractivity contribution in [3.05, 3.63) is 35.6 Å². The Bertz CT molecular complexity index is 414. The summed E-state index contributed by atoms with van der Waals surface area (Å²) in [5.74, 6) is -1.17. The van der Waals surface area contributed by atoms with Crippen molar-refractivity contribution >= 4 is 5.97 Å². The van der Waals surface area contributed by atoms with E-state index in [-0.39, 0.29) is 5.82 Å². The molecule has 92 valence electrons. The van der Waals surface area contributed by atoms with Crippen molar-refractivity contribution in [1.29, 1.82) is 0 Å². The number of carboxylic acids is 1. The van der Waals surface area contributed by atoms with Crippen molar-refractivity contribution in [2.45, 2.75) is 31.2 Å². The molecule has 0 aliphatic carbocycles. The van der Waals surface area contributed by atoms with Crippen molar-refractivity contribution in [3.63, 3.8) is 0 Å². The fraction of sp³-hybridized carbons (Fsp3) is 0.462. The van der Waals surface area contributed by atoms with E-state index in [1.165, 1.54) is 12.1 Å². The Hall–Kier alpha value is -1.42. The minimum Gasteiger partial charge on any atom is -0.480 e. The minimum atomic E-state index is -0.925. The molecule has 1 aromatic rings. The van der Waals surface area contributed by atoms with Crippen LogP contribution < -0.4 is 5.32 Å².